The van der Waals surface area contributed by atoms with Crippen LogP contribution in [0.5, 0.6) is 0 Å². The van der Waals surface area contributed by atoms with Gasteiger partial charge in [0.05, 0.1) is 79.6 Å². The first-order chi connectivity index (χ1) is 17.7. The maximum absolute atomic E-state index is 6.84. The highest BCUT2D eigenvalue weighted by molar-refractivity contribution is 6.40. The van der Waals surface area contributed by atoms with Crippen molar-refractivity contribution in [3.05, 3.63) is 0 Å². The molecule has 14 heteroatoms. The molecule has 0 heterocycles. The molecule has 6 rings (SSSR count). The third kappa shape index (κ3) is 2.10. The van der Waals surface area contributed by atoms with Crippen LogP contribution >= 0.6 is 0 Å². The zero-order valence-corrected chi connectivity index (χ0v) is 20.1. The summed E-state index contributed by atoms with van der Waals surface area (Å²) in [6, 6.07) is 0. The van der Waals surface area contributed by atoms with Gasteiger partial charge in [-0.1, -0.05) is 0 Å². The minimum atomic E-state index is 0.0662. The Morgan fingerprint density at radius 3 is 0.711 bits per heavy atom. The molecular formula is C24H28N14. The van der Waals surface area contributed by atoms with Gasteiger partial charge in [-0.3, -0.25) is 0 Å². The van der Waals surface area contributed by atoms with Gasteiger partial charge >= 0.3 is 0 Å². The van der Waals surface area contributed by atoms with E-state index in [1.54, 1.807) is 0 Å². The lowest BCUT2D eigenvalue weighted by atomic mass is 9.88. The van der Waals surface area contributed by atoms with Crippen LogP contribution in [0.4, 0.5) is 79.6 Å². The lowest BCUT2D eigenvalue weighted by Gasteiger charge is -2.23. The summed E-state index contributed by atoms with van der Waals surface area (Å²) in [5.74, 6) is 0. The van der Waals surface area contributed by atoms with Crippen molar-refractivity contribution in [1.82, 2.24) is 0 Å². The monoisotopic (exact) mass is 512 g/mol. The van der Waals surface area contributed by atoms with Crippen molar-refractivity contribution in [2.24, 2.45) is 0 Å². The van der Waals surface area contributed by atoms with Gasteiger partial charge < -0.3 is 80.3 Å². The second-order valence-corrected chi connectivity index (χ2v) is 9.54. The number of anilines is 14. The predicted molar refractivity (Wildman–Crippen MR) is 165 cm³/mol. The Morgan fingerprint density at radius 1 is 0.158 bits per heavy atom. The van der Waals surface area contributed by atoms with Crippen LogP contribution in [-0.2, 0) is 0 Å². The average Bonchev–Trinajstić information content (AvgIpc) is 3.24. The van der Waals surface area contributed by atoms with Crippen molar-refractivity contribution in [2.45, 2.75) is 0 Å². The molecule has 194 valence electrons. The highest BCUT2D eigenvalue weighted by atomic mass is 14.8. The number of nitrogen functional groups attached to an aromatic ring is 14. The van der Waals surface area contributed by atoms with E-state index in [0.717, 1.165) is 0 Å². The van der Waals surface area contributed by atoms with Crippen LogP contribution in [0.3, 0.4) is 0 Å². The first-order valence-electron chi connectivity index (χ1n) is 11.3. The SMILES string of the molecule is Nc1c(N)c2c3c(c(N)c(N)c(N)c3c1N)-c1c-2c(N)c2c(N)c3c(N)c(N)c(N)c(N)c3c(N)c2c1N. The second-order valence-electron chi connectivity index (χ2n) is 9.54. The van der Waals surface area contributed by atoms with E-state index in [0.29, 0.717) is 54.6 Å². The molecule has 28 N–H and O–H groups in total. The third-order valence-electron chi connectivity index (χ3n) is 7.80. The van der Waals surface area contributed by atoms with E-state index in [1.165, 1.54) is 0 Å². The van der Waals surface area contributed by atoms with Gasteiger partial charge in [0.15, 0.2) is 0 Å². The molecular weight excluding hydrogens is 484 g/mol. The van der Waals surface area contributed by atoms with Gasteiger partial charge in [0.25, 0.3) is 0 Å². The Labute approximate surface area is 214 Å². The van der Waals surface area contributed by atoms with Crippen molar-refractivity contribution in [3.8, 4) is 22.3 Å². The van der Waals surface area contributed by atoms with E-state index >= 15 is 0 Å². The molecule has 0 unspecified atom stereocenters. The van der Waals surface area contributed by atoms with E-state index in [-0.39, 0.29) is 79.6 Å². The summed E-state index contributed by atoms with van der Waals surface area (Å²) >= 11 is 0. The zero-order chi connectivity index (χ0) is 27.9. The van der Waals surface area contributed by atoms with Crippen molar-refractivity contribution in [3.63, 3.8) is 0 Å². The van der Waals surface area contributed by atoms with E-state index in [9.17, 15) is 0 Å². The van der Waals surface area contributed by atoms with Crippen LogP contribution in [-0.4, -0.2) is 0 Å². The van der Waals surface area contributed by atoms with Gasteiger partial charge in [0, 0.05) is 54.6 Å². The van der Waals surface area contributed by atoms with Crippen molar-refractivity contribution < 1.29 is 0 Å². The molecule has 0 radical (unpaired) electrons. The third-order valence-corrected chi connectivity index (χ3v) is 7.80. The fraction of sp³-hybridized carbons (Fsp3) is 0. The highest BCUT2D eigenvalue weighted by Gasteiger charge is 2.36. The summed E-state index contributed by atoms with van der Waals surface area (Å²) in [5.41, 5.74) is 93.9. The number of nitrogens with two attached hydrogens (primary N) is 14. The van der Waals surface area contributed by atoms with E-state index < -0.39 is 0 Å². The van der Waals surface area contributed by atoms with Crippen molar-refractivity contribution in [1.29, 1.82) is 0 Å². The second kappa shape index (κ2) is 6.44. The van der Waals surface area contributed by atoms with Crippen molar-refractivity contribution in [2.75, 3.05) is 80.3 Å². The number of rotatable bonds is 0. The van der Waals surface area contributed by atoms with Gasteiger partial charge in [-0.2, -0.15) is 0 Å². The Kier molecular flexibility index (Phi) is 3.82. The zero-order valence-electron chi connectivity index (χ0n) is 20.1. The maximum Gasteiger partial charge on any atom is 0.0810 e. The van der Waals surface area contributed by atoms with Crippen LogP contribution in [0.25, 0.3) is 54.6 Å². The molecule has 0 spiro atoms. The lowest BCUT2D eigenvalue weighted by Crippen LogP contribution is -2.10. The van der Waals surface area contributed by atoms with Crippen LogP contribution in [0.2, 0.25) is 0 Å². The standard InChI is InChI=1S/C24H28N14/c25-11-4-2-1-3(16(30)22(36)18(32)6(1)17(31)21(35)15(2)29)5(4)12(26)8-7(11)13(27)9-10(14(8)28)20(34)24(38)23(37)19(9)33/h25-38H2. The van der Waals surface area contributed by atoms with Gasteiger partial charge in [0.2, 0.25) is 0 Å². The number of benzene rings is 5. The molecule has 0 saturated heterocycles. The summed E-state index contributed by atoms with van der Waals surface area (Å²) in [6.07, 6.45) is 0. The van der Waals surface area contributed by atoms with Gasteiger partial charge in [-0.25, -0.2) is 0 Å². The predicted octanol–water partition coefficient (Wildman–Crippen LogP) is 0.944. The van der Waals surface area contributed by atoms with Gasteiger partial charge in [0.1, 0.15) is 0 Å². The summed E-state index contributed by atoms with van der Waals surface area (Å²) in [6.45, 7) is 0. The maximum atomic E-state index is 6.84. The number of fused-ring (bicyclic) bond motifs is 5. The molecule has 0 amide bonds. The molecule has 0 bridgehead atoms. The normalized spacial score (nSPS) is 12.1. The van der Waals surface area contributed by atoms with E-state index in [4.69, 9.17) is 80.3 Å². The highest BCUT2D eigenvalue weighted by Crippen LogP contribution is 2.64. The summed E-state index contributed by atoms with van der Waals surface area (Å²) in [7, 11) is 0. The Bertz CT molecular complexity index is 1870. The molecule has 0 aromatic heterocycles. The molecule has 5 aromatic rings. The van der Waals surface area contributed by atoms with Crippen LogP contribution < -0.4 is 80.3 Å². The molecule has 1 aliphatic rings. The molecule has 0 atom stereocenters. The van der Waals surface area contributed by atoms with E-state index in [1.807, 2.05) is 0 Å². The molecule has 14 nitrogen and oxygen atoms in total. The lowest BCUT2D eigenvalue weighted by molar-refractivity contribution is 1.66. The van der Waals surface area contributed by atoms with E-state index in [2.05, 4.69) is 0 Å². The fourth-order valence-electron chi connectivity index (χ4n) is 5.91. The minimum absolute atomic E-state index is 0.0662. The smallest absolute Gasteiger partial charge is 0.0810 e. The minimum Gasteiger partial charge on any atom is -0.398 e. The summed E-state index contributed by atoms with van der Waals surface area (Å²) in [5, 5.41) is 2.12. The molecule has 5 aromatic carbocycles. The molecule has 38 heavy (non-hydrogen) atoms. The Morgan fingerprint density at radius 2 is 0.395 bits per heavy atom. The molecule has 1 aliphatic carbocycles. The largest absolute Gasteiger partial charge is 0.398 e. The molecule has 0 saturated carbocycles. The average molecular weight is 513 g/mol. The topological polar surface area (TPSA) is 364 Å². The van der Waals surface area contributed by atoms with Crippen LogP contribution in [0, 0.1) is 0 Å². The number of hydrogen-bond acceptors (Lipinski definition) is 14. The Hall–Kier alpha value is -5.92. The quantitative estimate of drug-likeness (QED) is 0.0764. The van der Waals surface area contributed by atoms with Crippen molar-refractivity contribution >= 4 is 112 Å². The van der Waals surface area contributed by atoms with Gasteiger partial charge in [-0.15, -0.1) is 0 Å². The molecule has 0 aliphatic heterocycles. The summed E-state index contributed by atoms with van der Waals surface area (Å²) < 4.78 is 0. The van der Waals surface area contributed by atoms with Crippen LogP contribution in [0.1, 0.15) is 0 Å². The van der Waals surface area contributed by atoms with Gasteiger partial charge in [-0.05, 0) is 0 Å². The Balaban J connectivity index is 1.99. The fourth-order valence-corrected chi connectivity index (χ4v) is 5.91. The molecule has 0 fully saturated rings. The first kappa shape index (κ1) is 22.5. The first-order valence-corrected chi connectivity index (χ1v) is 11.3. The number of hydrogen-bond donors (Lipinski definition) is 14. The van der Waals surface area contributed by atoms with Crippen LogP contribution in [0.15, 0.2) is 0 Å². The summed E-state index contributed by atoms with van der Waals surface area (Å²) in [4.78, 5) is 0.